The summed E-state index contributed by atoms with van der Waals surface area (Å²) in [5.74, 6) is -0.446. The number of hydrogen-bond donors (Lipinski definition) is 2. The van der Waals surface area contributed by atoms with Gasteiger partial charge in [0.2, 0.25) is 0 Å². The van der Waals surface area contributed by atoms with Crippen LogP contribution in [0.15, 0.2) is 40.9 Å². The highest BCUT2D eigenvalue weighted by molar-refractivity contribution is 5.99. The summed E-state index contributed by atoms with van der Waals surface area (Å²) in [6.07, 6.45) is 2.67. The molecule has 0 aliphatic heterocycles. The number of nitrogens with zero attached hydrogens (tertiary/aromatic N) is 1. The van der Waals surface area contributed by atoms with Crippen molar-refractivity contribution in [3.63, 3.8) is 0 Å². The lowest BCUT2D eigenvalue weighted by atomic mass is 10.0. The molecule has 10 heteroatoms. The van der Waals surface area contributed by atoms with Crippen molar-refractivity contribution >= 4 is 40.3 Å². The number of nitrogen functional groups attached to an aromatic ring is 1. The van der Waals surface area contributed by atoms with Crippen molar-refractivity contribution in [2.45, 2.75) is 65.0 Å². The van der Waals surface area contributed by atoms with Gasteiger partial charge < -0.3 is 29.5 Å². The maximum absolute atomic E-state index is 13.1. The lowest BCUT2D eigenvalue weighted by Crippen LogP contribution is -2.33. The Bertz CT molecular complexity index is 1310. The highest BCUT2D eigenvalue weighted by Gasteiger charge is 2.18. The van der Waals surface area contributed by atoms with Crippen molar-refractivity contribution in [1.82, 2.24) is 9.88 Å². The van der Waals surface area contributed by atoms with Crippen LogP contribution in [0.5, 0.6) is 0 Å². The Balaban J connectivity index is 1.59. The van der Waals surface area contributed by atoms with Crippen molar-refractivity contribution in [2.75, 3.05) is 19.4 Å². The zero-order valence-electron chi connectivity index (χ0n) is 22.3. The number of anilines is 1. The number of carbonyl (C=O) groups is 4. The van der Waals surface area contributed by atoms with Crippen LogP contribution in [0, 0.1) is 0 Å². The summed E-state index contributed by atoms with van der Waals surface area (Å²) >= 11 is 0. The zero-order valence-corrected chi connectivity index (χ0v) is 22.3. The molecule has 0 radical (unpaired) electrons. The molecule has 38 heavy (non-hydrogen) atoms. The van der Waals surface area contributed by atoms with E-state index < -0.39 is 11.7 Å². The molecule has 2 heterocycles. The van der Waals surface area contributed by atoms with E-state index in [1.54, 1.807) is 55.8 Å². The van der Waals surface area contributed by atoms with Gasteiger partial charge in [0.15, 0.2) is 17.3 Å². The van der Waals surface area contributed by atoms with Gasteiger partial charge in [0.1, 0.15) is 11.2 Å². The number of fused-ring (bicyclic) bond motifs is 1. The molecule has 3 rings (SSSR count). The van der Waals surface area contributed by atoms with Gasteiger partial charge in [0.05, 0.1) is 18.5 Å². The number of Topliss-reactive ketones (excluding diaryl/α,β-unsaturated/α-hetero) is 2. The van der Waals surface area contributed by atoms with Gasteiger partial charge in [-0.2, -0.15) is 0 Å². The van der Waals surface area contributed by atoms with E-state index in [0.29, 0.717) is 42.9 Å². The molecule has 0 unspecified atom stereocenters. The minimum absolute atomic E-state index is 0.108. The minimum Gasteiger partial charge on any atom is -0.469 e. The Morgan fingerprint density at radius 3 is 2.50 bits per heavy atom. The number of ether oxygens (including phenoxy) is 2. The van der Waals surface area contributed by atoms with Crippen molar-refractivity contribution in [3.05, 3.63) is 53.5 Å². The number of esters is 1. The Hall–Kier alpha value is -4.08. The number of carbonyl (C=O) groups excluding carboxylic acids is 4. The van der Waals surface area contributed by atoms with Gasteiger partial charge in [-0.05, 0) is 63.4 Å². The Morgan fingerprint density at radius 1 is 1.03 bits per heavy atom. The molecule has 2 aromatic heterocycles. The lowest BCUT2D eigenvalue weighted by molar-refractivity contribution is -0.140. The summed E-state index contributed by atoms with van der Waals surface area (Å²) in [6.45, 7) is 6.28. The first-order valence-electron chi connectivity index (χ1n) is 12.5. The molecule has 0 bridgehead atoms. The van der Waals surface area contributed by atoms with E-state index in [-0.39, 0.29) is 42.6 Å². The summed E-state index contributed by atoms with van der Waals surface area (Å²) in [7, 11) is 1.31. The summed E-state index contributed by atoms with van der Waals surface area (Å²) in [5.41, 5.74) is 7.67. The van der Waals surface area contributed by atoms with E-state index in [1.165, 1.54) is 7.11 Å². The van der Waals surface area contributed by atoms with Gasteiger partial charge in [0.25, 0.3) is 0 Å². The third kappa shape index (κ3) is 8.22. The second-order valence-corrected chi connectivity index (χ2v) is 10.1. The summed E-state index contributed by atoms with van der Waals surface area (Å²) in [4.78, 5) is 48.6. The summed E-state index contributed by atoms with van der Waals surface area (Å²) < 4.78 is 17.3. The maximum atomic E-state index is 13.1. The number of benzene rings is 1. The molecular formula is C28H35N3O7. The predicted octanol–water partition coefficient (Wildman–Crippen LogP) is 4.68. The van der Waals surface area contributed by atoms with Crippen LogP contribution >= 0.6 is 0 Å². The lowest BCUT2D eigenvalue weighted by Gasteiger charge is -2.19. The highest BCUT2D eigenvalue weighted by Crippen LogP contribution is 2.24. The number of nitrogens with two attached hydrogens (primary N) is 1. The molecular weight excluding hydrogens is 490 g/mol. The second kappa shape index (κ2) is 12.4. The molecule has 0 spiro atoms. The van der Waals surface area contributed by atoms with Gasteiger partial charge >= 0.3 is 12.1 Å². The highest BCUT2D eigenvalue weighted by atomic mass is 16.6. The average Bonchev–Trinajstić information content (AvgIpc) is 3.43. The van der Waals surface area contributed by atoms with Crippen LogP contribution in [0.25, 0.3) is 11.0 Å². The predicted molar refractivity (Wildman–Crippen MR) is 142 cm³/mol. The van der Waals surface area contributed by atoms with E-state index >= 15 is 0 Å². The number of hydrogen-bond acceptors (Lipinski definition) is 8. The summed E-state index contributed by atoms with van der Waals surface area (Å²) in [6, 6.07) is 8.64. The van der Waals surface area contributed by atoms with E-state index in [4.69, 9.17) is 14.9 Å². The Kier molecular flexibility index (Phi) is 9.33. The number of furan rings is 1. The maximum Gasteiger partial charge on any atom is 0.407 e. The normalized spacial score (nSPS) is 11.4. The van der Waals surface area contributed by atoms with Crippen LogP contribution < -0.4 is 11.1 Å². The zero-order chi connectivity index (χ0) is 27.9. The molecule has 0 aliphatic carbocycles. The molecule has 10 nitrogen and oxygen atoms in total. The number of aryl methyl sites for hydroxylation is 1. The SMILES string of the molecule is COC(=O)CCCC(=O)c1cc2cc(CC(=O)c3cc(N)cn3CCCNC(=O)OC(C)(C)C)ccc2o1. The van der Waals surface area contributed by atoms with E-state index in [9.17, 15) is 19.2 Å². The molecule has 0 fully saturated rings. The van der Waals surface area contributed by atoms with E-state index in [2.05, 4.69) is 10.1 Å². The van der Waals surface area contributed by atoms with Gasteiger partial charge in [0, 0.05) is 43.9 Å². The Morgan fingerprint density at radius 2 is 1.79 bits per heavy atom. The topological polar surface area (TPSA) is 143 Å². The average molecular weight is 526 g/mol. The monoisotopic (exact) mass is 525 g/mol. The van der Waals surface area contributed by atoms with Crippen LogP contribution in [-0.2, 0) is 27.2 Å². The fourth-order valence-electron chi connectivity index (χ4n) is 3.94. The number of methoxy groups -OCH3 is 1. The number of alkyl carbamates (subject to hydrolysis) is 1. The molecule has 1 amide bonds. The number of amides is 1. The van der Waals surface area contributed by atoms with Gasteiger partial charge in [-0.3, -0.25) is 14.4 Å². The van der Waals surface area contributed by atoms with Crippen molar-refractivity contribution < 1.29 is 33.1 Å². The van der Waals surface area contributed by atoms with Crippen molar-refractivity contribution in [3.8, 4) is 0 Å². The van der Waals surface area contributed by atoms with E-state index in [0.717, 1.165) is 10.9 Å². The molecule has 1 aromatic carbocycles. The molecule has 0 saturated carbocycles. The number of nitrogens with one attached hydrogen (secondary N) is 1. The second-order valence-electron chi connectivity index (χ2n) is 10.1. The van der Waals surface area contributed by atoms with Crippen LogP contribution in [-0.4, -0.2) is 47.5 Å². The van der Waals surface area contributed by atoms with Crippen LogP contribution in [0.4, 0.5) is 10.5 Å². The fourth-order valence-corrected chi connectivity index (χ4v) is 3.94. The Labute approximate surface area is 221 Å². The van der Waals surface area contributed by atoms with Gasteiger partial charge in [-0.15, -0.1) is 0 Å². The third-order valence-electron chi connectivity index (χ3n) is 5.68. The quantitative estimate of drug-likeness (QED) is 0.197. The minimum atomic E-state index is -0.569. The number of ketones is 2. The molecule has 3 aromatic rings. The molecule has 0 aliphatic rings. The van der Waals surface area contributed by atoms with Crippen molar-refractivity contribution in [1.29, 1.82) is 0 Å². The molecule has 0 saturated heterocycles. The number of rotatable bonds is 12. The first kappa shape index (κ1) is 28.5. The standard InChI is InChI=1S/C28H35N3O7/c1-28(2,3)38-27(35)30-11-6-12-31-17-20(29)16-21(31)23(33)14-18-9-10-24-19(13-18)15-25(37-24)22(32)7-5-8-26(34)36-4/h9-10,13,15-17H,5-8,11-12,14,29H2,1-4H3,(H,30,35). The molecule has 0 atom stereocenters. The molecule has 204 valence electrons. The van der Waals surface area contributed by atoms with E-state index in [1.807, 2.05) is 6.07 Å². The molecule has 3 N–H and O–H groups in total. The van der Waals surface area contributed by atoms with Crippen LogP contribution in [0.3, 0.4) is 0 Å². The summed E-state index contributed by atoms with van der Waals surface area (Å²) in [5, 5.41) is 3.42. The fraction of sp³-hybridized carbons (Fsp3) is 0.429. The third-order valence-corrected chi connectivity index (χ3v) is 5.68. The van der Waals surface area contributed by atoms with Gasteiger partial charge in [-0.1, -0.05) is 6.07 Å². The van der Waals surface area contributed by atoms with Crippen LogP contribution in [0.2, 0.25) is 0 Å². The number of aromatic nitrogens is 1. The van der Waals surface area contributed by atoms with Gasteiger partial charge in [-0.25, -0.2) is 4.79 Å². The van der Waals surface area contributed by atoms with Crippen LogP contribution in [0.1, 0.15) is 73.1 Å². The van der Waals surface area contributed by atoms with Crippen molar-refractivity contribution in [2.24, 2.45) is 0 Å². The largest absolute Gasteiger partial charge is 0.469 e. The first-order chi connectivity index (χ1) is 17.9. The first-order valence-corrected chi connectivity index (χ1v) is 12.5. The smallest absolute Gasteiger partial charge is 0.407 e.